The van der Waals surface area contributed by atoms with Gasteiger partial charge in [-0.25, -0.2) is 4.39 Å². The molecule has 0 bridgehead atoms. The number of benzene rings is 1. The van der Waals surface area contributed by atoms with Gasteiger partial charge in [-0.05, 0) is 37.3 Å². The van der Waals surface area contributed by atoms with Gasteiger partial charge in [0.2, 0.25) is 0 Å². The lowest BCUT2D eigenvalue weighted by Crippen LogP contribution is -2.11. The summed E-state index contributed by atoms with van der Waals surface area (Å²) in [5, 5.41) is 0.174. The molecular weight excluding hydrogens is 346 g/mol. The van der Waals surface area contributed by atoms with E-state index in [1.807, 2.05) is 0 Å². The highest BCUT2D eigenvalue weighted by Gasteiger charge is 2.33. The van der Waals surface area contributed by atoms with E-state index in [1.54, 1.807) is 6.92 Å². The third kappa shape index (κ3) is 2.56. The summed E-state index contributed by atoms with van der Waals surface area (Å²) in [6.45, 7) is 1.59. The van der Waals surface area contributed by atoms with Crippen LogP contribution in [0.15, 0.2) is 30.3 Å². The first-order valence-electron chi connectivity index (χ1n) is 6.80. The van der Waals surface area contributed by atoms with Crippen LogP contribution in [0.25, 0.3) is 10.9 Å². The molecule has 0 spiro atoms. The fourth-order valence-electron chi connectivity index (χ4n) is 2.50. The van der Waals surface area contributed by atoms with E-state index < -0.39 is 22.8 Å². The smallest absolute Gasteiger partial charge is 0.425 e. The zero-order valence-electron chi connectivity index (χ0n) is 12.6. The predicted molar refractivity (Wildman–Crippen MR) is 82.2 cm³/mol. The number of hydrogen-bond donors (Lipinski definition) is 0. The normalized spacial score (nSPS) is 11.9. The van der Waals surface area contributed by atoms with E-state index >= 15 is 0 Å². The molecule has 126 valence electrons. The first kappa shape index (κ1) is 16.5. The van der Waals surface area contributed by atoms with E-state index in [9.17, 15) is 22.4 Å². The van der Waals surface area contributed by atoms with Gasteiger partial charge in [-0.1, -0.05) is 0 Å². The number of alkyl halides is 3. The second-order valence-electron chi connectivity index (χ2n) is 5.10. The van der Waals surface area contributed by atoms with Crippen LogP contribution in [0.5, 0.6) is 5.75 Å². The summed E-state index contributed by atoms with van der Waals surface area (Å²) >= 11 is 0.361. The van der Waals surface area contributed by atoms with Crippen LogP contribution in [-0.4, -0.2) is 17.6 Å². The van der Waals surface area contributed by atoms with Crippen molar-refractivity contribution in [3.63, 3.8) is 0 Å². The van der Waals surface area contributed by atoms with Crippen LogP contribution in [0.3, 0.4) is 0 Å². The Morgan fingerprint density at radius 1 is 1.21 bits per heavy atom. The quantitative estimate of drug-likeness (QED) is 0.613. The van der Waals surface area contributed by atoms with Crippen LogP contribution >= 0.6 is 11.3 Å². The molecule has 0 N–H and O–H groups in total. The maximum absolute atomic E-state index is 14.3. The Morgan fingerprint density at radius 3 is 2.50 bits per heavy atom. The third-order valence-electron chi connectivity index (χ3n) is 3.59. The maximum atomic E-state index is 14.3. The summed E-state index contributed by atoms with van der Waals surface area (Å²) in [7, 11) is 1.32. The monoisotopic (exact) mass is 357 g/mol. The molecule has 0 saturated heterocycles. The minimum Gasteiger partial charge on any atom is -0.494 e. The largest absolute Gasteiger partial charge is 0.494 e. The molecule has 0 saturated carbocycles. The van der Waals surface area contributed by atoms with E-state index in [-0.39, 0.29) is 21.5 Å². The number of halogens is 4. The molecule has 8 heteroatoms. The number of hydrogen-bond acceptors (Lipinski definition) is 3. The third-order valence-corrected chi connectivity index (χ3v) is 4.71. The van der Waals surface area contributed by atoms with Crippen molar-refractivity contribution in [3.05, 3.63) is 51.6 Å². The summed E-state index contributed by atoms with van der Waals surface area (Å²) in [5.41, 5.74) is 0.696. The number of thiophene rings is 1. The van der Waals surface area contributed by atoms with Crippen molar-refractivity contribution < 1.29 is 27.1 Å². The molecule has 1 aromatic carbocycles. The predicted octanol–water partition coefficient (Wildman–Crippen LogP) is 4.87. The minimum atomic E-state index is -4.50. The van der Waals surface area contributed by atoms with Crippen LogP contribution in [-0.2, 0) is 6.18 Å². The molecule has 0 aliphatic carbocycles. The molecule has 3 rings (SSSR count). The van der Waals surface area contributed by atoms with E-state index in [4.69, 9.17) is 4.74 Å². The first-order chi connectivity index (χ1) is 11.2. The van der Waals surface area contributed by atoms with Gasteiger partial charge >= 0.3 is 6.18 Å². The summed E-state index contributed by atoms with van der Waals surface area (Å²) in [4.78, 5) is 11.7. The highest BCUT2D eigenvalue weighted by Crippen LogP contribution is 2.36. The van der Waals surface area contributed by atoms with Crippen LogP contribution in [0, 0.1) is 12.7 Å². The molecule has 3 aromatic rings. The molecule has 0 radical (unpaired) electrons. The van der Waals surface area contributed by atoms with Gasteiger partial charge in [0, 0.05) is 11.1 Å². The van der Waals surface area contributed by atoms with Crippen LogP contribution in [0.2, 0.25) is 0 Å². The van der Waals surface area contributed by atoms with Crippen molar-refractivity contribution in [1.82, 2.24) is 4.57 Å². The van der Waals surface area contributed by atoms with Gasteiger partial charge in [-0.15, -0.1) is 11.3 Å². The second kappa shape index (κ2) is 5.62. The Hall–Kier alpha value is -2.35. The fourth-order valence-corrected chi connectivity index (χ4v) is 3.30. The zero-order valence-corrected chi connectivity index (χ0v) is 13.4. The highest BCUT2D eigenvalue weighted by atomic mass is 32.1. The molecule has 0 aliphatic heterocycles. The van der Waals surface area contributed by atoms with Crippen molar-refractivity contribution in [2.24, 2.45) is 0 Å². The number of nitrogens with zero attached hydrogens (tertiary/aromatic N) is 1. The number of carbonyl (C=O) groups is 1. The molecular formula is C16H11F4NO2S. The number of carbonyl (C=O) groups excluding carboxylic acids is 1. The molecule has 0 unspecified atom stereocenters. The molecule has 2 aromatic heterocycles. The lowest BCUT2D eigenvalue weighted by molar-refractivity contribution is -0.134. The Labute approximate surface area is 138 Å². The standard InChI is InChI=1S/C16H11F4NO2S/c1-8-7-9-10(3-4-11(23-2)14(9)17)21(8)15(22)12-5-6-13(24-12)16(18,19)20/h3-7H,1-2H3. The summed E-state index contributed by atoms with van der Waals surface area (Å²) < 4.78 is 58.5. The van der Waals surface area contributed by atoms with Gasteiger partial charge in [0.1, 0.15) is 4.88 Å². The highest BCUT2D eigenvalue weighted by molar-refractivity contribution is 7.14. The van der Waals surface area contributed by atoms with Gasteiger partial charge in [0.05, 0.1) is 17.5 Å². The topological polar surface area (TPSA) is 31.2 Å². The van der Waals surface area contributed by atoms with Gasteiger partial charge in [-0.3, -0.25) is 9.36 Å². The molecule has 0 atom stereocenters. The number of aryl methyl sites for hydroxylation is 1. The molecule has 3 nitrogen and oxygen atoms in total. The lowest BCUT2D eigenvalue weighted by Gasteiger charge is -2.07. The summed E-state index contributed by atoms with van der Waals surface area (Å²) in [6.07, 6.45) is -4.50. The molecule has 0 amide bonds. The Balaban J connectivity index is 2.12. The average molecular weight is 357 g/mol. The van der Waals surface area contributed by atoms with Crippen molar-refractivity contribution >= 4 is 28.1 Å². The zero-order chi connectivity index (χ0) is 17.6. The second-order valence-corrected chi connectivity index (χ2v) is 6.19. The van der Waals surface area contributed by atoms with Gasteiger partial charge in [0.15, 0.2) is 11.6 Å². The fraction of sp³-hybridized carbons (Fsp3) is 0.188. The average Bonchev–Trinajstić information content (AvgIpc) is 3.11. The Kier molecular flexibility index (Phi) is 3.87. The van der Waals surface area contributed by atoms with Crippen LogP contribution < -0.4 is 4.74 Å². The molecule has 24 heavy (non-hydrogen) atoms. The van der Waals surface area contributed by atoms with Gasteiger partial charge < -0.3 is 4.74 Å². The molecule has 0 aliphatic rings. The van der Waals surface area contributed by atoms with E-state index in [2.05, 4.69) is 0 Å². The molecule has 0 fully saturated rings. The Bertz CT molecular complexity index is 940. The number of methoxy groups -OCH3 is 1. The summed E-state index contributed by atoms with van der Waals surface area (Å²) in [5.74, 6) is -1.22. The van der Waals surface area contributed by atoms with Gasteiger partial charge in [-0.2, -0.15) is 13.2 Å². The Morgan fingerprint density at radius 2 is 1.92 bits per heavy atom. The van der Waals surface area contributed by atoms with Gasteiger partial charge in [0.25, 0.3) is 5.91 Å². The maximum Gasteiger partial charge on any atom is 0.425 e. The van der Waals surface area contributed by atoms with E-state index in [1.165, 1.54) is 29.9 Å². The van der Waals surface area contributed by atoms with Crippen molar-refractivity contribution in [2.75, 3.05) is 7.11 Å². The van der Waals surface area contributed by atoms with E-state index in [0.717, 1.165) is 12.1 Å². The van der Waals surface area contributed by atoms with Crippen molar-refractivity contribution in [2.45, 2.75) is 13.1 Å². The van der Waals surface area contributed by atoms with Crippen LogP contribution in [0.4, 0.5) is 17.6 Å². The van der Waals surface area contributed by atoms with Crippen molar-refractivity contribution in [1.29, 1.82) is 0 Å². The minimum absolute atomic E-state index is 0.0302. The number of ether oxygens (including phenoxy) is 1. The summed E-state index contributed by atoms with van der Waals surface area (Å²) in [6, 6.07) is 6.32. The van der Waals surface area contributed by atoms with Crippen LogP contribution in [0.1, 0.15) is 20.2 Å². The lowest BCUT2D eigenvalue weighted by atomic mass is 10.2. The van der Waals surface area contributed by atoms with Crippen molar-refractivity contribution in [3.8, 4) is 5.75 Å². The SMILES string of the molecule is COc1ccc2c(cc(C)n2C(=O)c2ccc(C(F)(F)F)s2)c1F. The van der Waals surface area contributed by atoms with E-state index in [0.29, 0.717) is 17.0 Å². The molecule has 2 heterocycles. The number of fused-ring (bicyclic) bond motifs is 1. The number of rotatable bonds is 2. The first-order valence-corrected chi connectivity index (χ1v) is 7.62. The number of aromatic nitrogens is 1.